The van der Waals surface area contributed by atoms with Crippen LogP contribution in [0.1, 0.15) is 10.4 Å². The van der Waals surface area contributed by atoms with E-state index < -0.39 is 0 Å². The van der Waals surface area contributed by atoms with Crippen molar-refractivity contribution in [2.45, 2.75) is 0 Å². The molecule has 1 aromatic carbocycles. The van der Waals surface area contributed by atoms with Crippen LogP contribution in [0.25, 0.3) is 0 Å². The SMILES string of the molecule is CONC(=O)c1ccc(Cl)cc1OC. The van der Waals surface area contributed by atoms with Crippen LogP contribution in [0, 0.1) is 0 Å². The first kappa shape index (κ1) is 10.8. The standard InChI is InChI=1S/C9H10ClNO3/c1-13-8-5-6(10)3-4-7(8)9(12)11-14-2/h3-5H,1-2H3,(H,11,12). The lowest BCUT2D eigenvalue weighted by molar-refractivity contribution is 0.0535. The third-order valence-electron chi connectivity index (χ3n) is 1.60. The van der Waals surface area contributed by atoms with Crippen LogP contribution < -0.4 is 10.2 Å². The fourth-order valence-corrected chi connectivity index (χ4v) is 1.16. The predicted molar refractivity (Wildman–Crippen MR) is 52.5 cm³/mol. The number of hydroxylamine groups is 1. The smallest absolute Gasteiger partial charge is 0.278 e. The summed E-state index contributed by atoms with van der Waals surface area (Å²) in [5.74, 6) is 0.0352. The molecule has 0 saturated heterocycles. The number of methoxy groups -OCH3 is 1. The molecule has 1 amide bonds. The maximum absolute atomic E-state index is 11.4. The number of amides is 1. The lowest BCUT2D eigenvalue weighted by Gasteiger charge is -2.07. The van der Waals surface area contributed by atoms with E-state index in [1.54, 1.807) is 18.2 Å². The van der Waals surface area contributed by atoms with Crippen molar-refractivity contribution >= 4 is 17.5 Å². The maximum Gasteiger partial charge on any atom is 0.278 e. The summed E-state index contributed by atoms with van der Waals surface area (Å²) in [5.41, 5.74) is 2.57. The van der Waals surface area contributed by atoms with Gasteiger partial charge in [-0.15, -0.1) is 0 Å². The van der Waals surface area contributed by atoms with Gasteiger partial charge in [0.1, 0.15) is 5.75 Å². The Labute approximate surface area is 86.7 Å². The van der Waals surface area contributed by atoms with Crippen LogP contribution in [0.3, 0.4) is 0 Å². The lowest BCUT2D eigenvalue weighted by Crippen LogP contribution is -2.22. The second-order valence-electron chi connectivity index (χ2n) is 2.48. The Morgan fingerprint density at radius 3 is 2.71 bits per heavy atom. The Bertz CT molecular complexity index is 341. The van der Waals surface area contributed by atoms with Gasteiger partial charge < -0.3 is 4.74 Å². The molecule has 0 atom stereocenters. The van der Waals surface area contributed by atoms with E-state index in [4.69, 9.17) is 16.3 Å². The van der Waals surface area contributed by atoms with Crippen LogP contribution in [0.15, 0.2) is 18.2 Å². The molecule has 0 spiro atoms. The average Bonchev–Trinajstić information content (AvgIpc) is 2.17. The topological polar surface area (TPSA) is 47.6 Å². The predicted octanol–water partition coefficient (Wildman–Crippen LogP) is 1.64. The first-order valence-corrected chi connectivity index (χ1v) is 4.23. The Kier molecular flexibility index (Phi) is 3.73. The molecule has 5 heteroatoms. The normalized spacial score (nSPS) is 9.64. The molecule has 0 bridgehead atoms. The third-order valence-corrected chi connectivity index (χ3v) is 1.84. The number of rotatable bonds is 3. The summed E-state index contributed by atoms with van der Waals surface area (Å²) >= 11 is 5.73. The molecule has 0 aromatic heterocycles. The number of ether oxygens (including phenoxy) is 1. The number of carbonyl (C=O) groups excluding carboxylic acids is 1. The van der Waals surface area contributed by atoms with Gasteiger partial charge in [-0.1, -0.05) is 11.6 Å². The van der Waals surface area contributed by atoms with Crippen LogP contribution in [0.2, 0.25) is 5.02 Å². The monoisotopic (exact) mass is 215 g/mol. The zero-order chi connectivity index (χ0) is 10.6. The summed E-state index contributed by atoms with van der Waals surface area (Å²) in [6.45, 7) is 0. The number of carbonyl (C=O) groups is 1. The lowest BCUT2D eigenvalue weighted by atomic mass is 10.2. The van der Waals surface area contributed by atoms with Gasteiger partial charge in [-0.2, -0.15) is 0 Å². The summed E-state index contributed by atoms with van der Waals surface area (Å²) < 4.78 is 4.99. The fraction of sp³-hybridized carbons (Fsp3) is 0.222. The average molecular weight is 216 g/mol. The maximum atomic E-state index is 11.4. The Balaban J connectivity index is 3.01. The number of benzene rings is 1. The molecule has 4 nitrogen and oxygen atoms in total. The molecule has 1 aromatic rings. The molecule has 0 heterocycles. The highest BCUT2D eigenvalue weighted by atomic mass is 35.5. The number of nitrogens with one attached hydrogen (secondary N) is 1. The molecular weight excluding hydrogens is 206 g/mol. The highest BCUT2D eigenvalue weighted by Gasteiger charge is 2.11. The van der Waals surface area contributed by atoms with Crippen molar-refractivity contribution in [3.63, 3.8) is 0 Å². The minimum absolute atomic E-state index is 0.374. The third kappa shape index (κ3) is 2.37. The van der Waals surface area contributed by atoms with Gasteiger partial charge in [0.15, 0.2) is 0 Å². The van der Waals surface area contributed by atoms with Gasteiger partial charge in [0.05, 0.1) is 19.8 Å². The molecular formula is C9H10ClNO3. The second-order valence-corrected chi connectivity index (χ2v) is 2.92. The summed E-state index contributed by atoms with van der Waals surface area (Å²) in [6, 6.07) is 4.73. The van der Waals surface area contributed by atoms with E-state index in [0.29, 0.717) is 16.3 Å². The number of halogens is 1. The molecule has 0 aliphatic heterocycles. The quantitative estimate of drug-likeness (QED) is 0.780. The summed E-state index contributed by atoms with van der Waals surface area (Å²) in [5, 5.41) is 0.510. The highest BCUT2D eigenvalue weighted by molar-refractivity contribution is 6.30. The van der Waals surface area contributed by atoms with Crippen molar-refractivity contribution < 1.29 is 14.4 Å². The van der Waals surface area contributed by atoms with Gasteiger partial charge in [-0.05, 0) is 18.2 Å². The van der Waals surface area contributed by atoms with Gasteiger partial charge in [0, 0.05) is 5.02 Å². The van der Waals surface area contributed by atoms with Gasteiger partial charge in [-0.25, -0.2) is 5.48 Å². The molecule has 1 N–H and O–H groups in total. The van der Waals surface area contributed by atoms with Crippen LogP contribution in [0.4, 0.5) is 0 Å². The summed E-state index contributed by atoms with van der Waals surface area (Å²) in [6.07, 6.45) is 0. The van der Waals surface area contributed by atoms with Crippen molar-refractivity contribution in [2.75, 3.05) is 14.2 Å². The van der Waals surface area contributed by atoms with E-state index in [9.17, 15) is 4.79 Å². The van der Waals surface area contributed by atoms with E-state index in [-0.39, 0.29) is 5.91 Å². The minimum atomic E-state index is -0.374. The van der Waals surface area contributed by atoms with E-state index in [1.807, 2.05) is 0 Å². The van der Waals surface area contributed by atoms with Crippen molar-refractivity contribution in [2.24, 2.45) is 0 Å². The molecule has 0 aliphatic carbocycles. The number of hydrogen-bond donors (Lipinski definition) is 1. The number of hydrogen-bond acceptors (Lipinski definition) is 3. The first-order valence-electron chi connectivity index (χ1n) is 3.86. The fourth-order valence-electron chi connectivity index (χ4n) is 1.00. The Hall–Kier alpha value is -1.26. The van der Waals surface area contributed by atoms with Gasteiger partial charge in [0.2, 0.25) is 0 Å². The zero-order valence-corrected chi connectivity index (χ0v) is 8.59. The first-order chi connectivity index (χ1) is 6.69. The molecule has 0 radical (unpaired) electrons. The molecule has 0 saturated carbocycles. The van der Waals surface area contributed by atoms with E-state index in [0.717, 1.165) is 0 Å². The van der Waals surface area contributed by atoms with Crippen LogP contribution >= 0.6 is 11.6 Å². The molecule has 1 rings (SSSR count). The van der Waals surface area contributed by atoms with Crippen molar-refractivity contribution in [3.05, 3.63) is 28.8 Å². The van der Waals surface area contributed by atoms with Gasteiger partial charge in [-0.3, -0.25) is 9.63 Å². The highest BCUT2D eigenvalue weighted by Crippen LogP contribution is 2.22. The molecule has 14 heavy (non-hydrogen) atoms. The van der Waals surface area contributed by atoms with Crippen LogP contribution in [-0.2, 0) is 4.84 Å². The molecule has 0 fully saturated rings. The Morgan fingerprint density at radius 1 is 1.43 bits per heavy atom. The van der Waals surface area contributed by atoms with Gasteiger partial charge in [0.25, 0.3) is 5.91 Å². The van der Waals surface area contributed by atoms with Crippen molar-refractivity contribution in [1.82, 2.24) is 5.48 Å². The zero-order valence-electron chi connectivity index (χ0n) is 7.83. The van der Waals surface area contributed by atoms with Crippen LogP contribution in [-0.4, -0.2) is 20.1 Å². The minimum Gasteiger partial charge on any atom is -0.496 e. The second kappa shape index (κ2) is 4.83. The summed E-state index contributed by atoms with van der Waals surface area (Å²) in [7, 11) is 2.83. The van der Waals surface area contributed by atoms with Crippen LogP contribution in [0.5, 0.6) is 5.75 Å². The molecule has 76 valence electrons. The van der Waals surface area contributed by atoms with E-state index in [2.05, 4.69) is 10.3 Å². The largest absolute Gasteiger partial charge is 0.496 e. The van der Waals surface area contributed by atoms with Crippen molar-refractivity contribution in [3.8, 4) is 5.75 Å². The Morgan fingerprint density at radius 2 is 2.14 bits per heavy atom. The van der Waals surface area contributed by atoms with E-state index >= 15 is 0 Å². The van der Waals surface area contributed by atoms with E-state index in [1.165, 1.54) is 14.2 Å². The summed E-state index contributed by atoms with van der Waals surface area (Å²) in [4.78, 5) is 15.9. The van der Waals surface area contributed by atoms with Crippen molar-refractivity contribution in [1.29, 1.82) is 0 Å². The van der Waals surface area contributed by atoms with Gasteiger partial charge >= 0.3 is 0 Å². The molecule has 0 aliphatic rings. The molecule has 0 unspecified atom stereocenters.